The number of aliphatic hydroxyl groups excluding tert-OH is 1. The van der Waals surface area contributed by atoms with E-state index < -0.39 is 42.8 Å². The van der Waals surface area contributed by atoms with E-state index in [1.54, 1.807) is 44.2 Å². The second-order valence-corrected chi connectivity index (χ2v) is 7.34. The Balaban J connectivity index is 1.86. The first-order chi connectivity index (χ1) is 16.5. The summed E-state index contributed by atoms with van der Waals surface area (Å²) in [5, 5.41) is 11.0. The number of ether oxygens (including phenoxy) is 6. The summed E-state index contributed by atoms with van der Waals surface area (Å²) in [6.07, 6.45) is -3.41. The summed E-state index contributed by atoms with van der Waals surface area (Å²) in [5.41, 5.74) is 0.594. The highest BCUT2D eigenvalue weighted by Gasteiger charge is 2.47. The van der Waals surface area contributed by atoms with Gasteiger partial charge in [-0.1, -0.05) is 18.2 Å². The van der Waals surface area contributed by atoms with Gasteiger partial charge in [-0.3, -0.25) is 4.57 Å². The molecule has 1 aliphatic heterocycles. The molecule has 11 heteroatoms. The zero-order chi connectivity index (χ0) is 24.7. The van der Waals surface area contributed by atoms with Crippen molar-refractivity contribution >= 4 is 11.9 Å². The highest BCUT2D eigenvalue weighted by molar-refractivity contribution is 5.89. The van der Waals surface area contributed by atoms with Crippen LogP contribution in [-0.2, 0) is 28.4 Å². The quantitative estimate of drug-likeness (QED) is 0.378. The van der Waals surface area contributed by atoms with Crippen molar-refractivity contribution in [1.82, 2.24) is 9.55 Å². The molecule has 0 unspecified atom stereocenters. The van der Waals surface area contributed by atoms with Gasteiger partial charge in [0.1, 0.15) is 30.6 Å². The average Bonchev–Trinajstić information content (AvgIpc) is 3.43. The number of methoxy groups -OCH3 is 2. The van der Waals surface area contributed by atoms with Crippen molar-refractivity contribution in [2.75, 3.05) is 34.0 Å². The van der Waals surface area contributed by atoms with Crippen molar-refractivity contribution in [3.05, 3.63) is 53.6 Å². The standard InChI is InChI=1S/C23H30N2O9/c1-5-31-23(32-6-2)17-16(22(28)30-4)24-13-25(17)20-18(26)19(29-3)15(34-20)12-33-21(27)14-10-8-7-9-11-14/h7-11,13,15,18-20,23,26H,5-6,12H2,1-4H3/t15-,18-,19-,20-/m1/s1. The third-order valence-electron chi connectivity index (χ3n) is 5.31. The van der Waals surface area contributed by atoms with Gasteiger partial charge in [0.05, 0.1) is 19.0 Å². The van der Waals surface area contributed by atoms with E-state index in [-0.39, 0.29) is 18.0 Å². The topological polar surface area (TPSA) is 128 Å². The molecule has 1 aromatic carbocycles. The van der Waals surface area contributed by atoms with Gasteiger partial charge in [0.25, 0.3) is 0 Å². The molecular formula is C23H30N2O9. The Hall–Kier alpha value is -2.83. The van der Waals surface area contributed by atoms with Crippen molar-refractivity contribution in [3.63, 3.8) is 0 Å². The summed E-state index contributed by atoms with van der Waals surface area (Å²) in [6, 6.07) is 8.52. The van der Waals surface area contributed by atoms with Gasteiger partial charge < -0.3 is 33.5 Å². The van der Waals surface area contributed by atoms with Crippen LogP contribution in [0.1, 0.15) is 52.9 Å². The van der Waals surface area contributed by atoms with Gasteiger partial charge in [-0.05, 0) is 26.0 Å². The maximum Gasteiger partial charge on any atom is 0.358 e. The van der Waals surface area contributed by atoms with Gasteiger partial charge in [-0.25, -0.2) is 14.6 Å². The first kappa shape index (κ1) is 25.8. The van der Waals surface area contributed by atoms with E-state index >= 15 is 0 Å². The fraction of sp³-hybridized carbons (Fsp3) is 0.522. The zero-order valence-electron chi connectivity index (χ0n) is 19.6. The monoisotopic (exact) mass is 478 g/mol. The van der Waals surface area contributed by atoms with E-state index in [1.165, 1.54) is 25.1 Å². The number of nitrogens with zero attached hydrogens (tertiary/aromatic N) is 2. The number of imidazole rings is 1. The second-order valence-electron chi connectivity index (χ2n) is 7.34. The lowest BCUT2D eigenvalue weighted by atomic mass is 10.1. The molecule has 2 aromatic rings. The van der Waals surface area contributed by atoms with Gasteiger partial charge in [0, 0.05) is 20.3 Å². The number of benzene rings is 1. The molecular weight excluding hydrogens is 448 g/mol. The van der Waals surface area contributed by atoms with Crippen molar-refractivity contribution < 1.29 is 43.1 Å². The minimum Gasteiger partial charge on any atom is -0.464 e. The van der Waals surface area contributed by atoms with Crippen LogP contribution in [0.3, 0.4) is 0 Å². The maximum absolute atomic E-state index is 12.4. The Morgan fingerprint density at radius 2 is 1.79 bits per heavy atom. The van der Waals surface area contributed by atoms with Gasteiger partial charge in [-0.15, -0.1) is 0 Å². The number of aliphatic hydroxyl groups is 1. The molecule has 3 rings (SSSR count). The summed E-state index contributed by atoms with van der Waals surface area (Å²) < 4.78 is 34.5. The van der Waals surface area contributed by atoms with Crippen LogP contribution < -0.4 is 0 Å². The summed E-state index contributed by atoms with van der Waals surface area (Å²) >= 11 is 0. The molecule has 186 valence electrons. The molecule has 1 fully saturated rings. The molecule has 1 N–H and O–H groups in total. The first-order valence-corrected chi connectivity index (χ1v) is 10.9. The number of rotatable bonds is 11. The van der Waals surface area contributed by atoms with Crippen molar-refractivity contribution in [2.45, 2.75) is 44.7 Å². The van der Waals surface area contributed by atoms with Crippen LogP contribution in [0.2, 0.25) is 0 Å². The average molecular weight is 478 g/mol. The molecule has 2 heterocycles. The summed E-state index contributed by atoms with van der Waals surface area (Å²) in [7, 11) is 2.66. The van der Waals surface area contributed by atoms with Crippen molar-refractivity contribution in [1.29, 1.82) is 0 Å². The van der Waals surface area contributed by atoms with Crippen LogP contribution >= 0.6 is 0 Å². The predicted octanol–water partition coefficient (Wildman–Crippen LogP) is 1.87. The number of hydrogen-bond acceptors (Lipinski definition) is 10. The van der Waals surface area contributed by atoms with Gasteiger partial charge in [-0.2, -0.15) is 0 Å². The summed E-state index contributed by atoms with van der Waals surface area (Å²) in [6.45, 7) is 3.99. The summed E-state index contributed by atoms with van der Waals surface area (Å²) in [4.78, 5) is 28.9. The smallest absolute Gasteiger partial charge is 0.358 e. The first-order valence-electron chi connectivity index (χ1n) is 10.9. The van der Waals surface area contributed by atoms with Gasteiger partial charge >= 0.3 is 11.9 Å². The fourth-order valence-corrected chi connectivity index (χ4v) is 3.76. The largest absolute Gasteiger partial charge is 0.464 e. The van der Waals surface area contributed by atoms with Gasteiger partial charge in [0.2, 0.25) is 6.29 Å². The van der Waals surface area contributed by atoms with Crippen LogP contribution in [-0.4, -0.2) is 78.9 Å². The molecule has 1 aromatic heterocycles. The van der Waals surface area contributed by atoms with E-state index in [4.69, 9.17) is 28.4 Å². The predicted molar refractivity (Wildman–Crippen MR) is 117 cm³/mol. The number of carbonyl (C=O) groups excluding carboxylic acids is 2. The molecule has 1 aliphatic rings. The van der Waals surface area contributed by atoms with Crippen LogP contribution in [0, 0.1) is 0 Å². The molecule has 0 radical (unpaired) electrons. The normalized spacial score (nSPS) is 22.2. The minimum atomic E-state index is -1.17. The molecule has 1 saturated heterocycles. The lowest BCUT2D eigenvalue weighted by molar-refractivity contribution is -0.149. The van der Waals surface area contributed by atoms with Crippen LogP contribution in [0.5, 0.6) is 0 Å². The molecule has 0 bridgehead atoms. The van der Waals surface area contributed by atoms with Crippen LogP contribution in [0.25, 0.3) is 0 Å². The Bertz CT molecular complexity index is 943. The van der Waals surface area contributed by atoms with Crippen molar-refractivity contribution in [3.8, 4) is 0 Å². The Morgan fingerprint density at radius 1 is 1.12 bits per heavy atom. The maximum atomic E-state index is 12.4. The Kier molecular flexibility index (Phi) is 9.13. The molecule has 11 nitrogen and oxygen atoms in total. The van der Waals surface area contributed by atoms with E-state index in [1.807, 2.05) is 0 Å². The van der Waals surface area contributed by atoms with E-state index in [9.17, 15) is 14.7 Å². The number of hydrogen-bond donors (Lipinski definition) is 1. The van der Waals surface area contributed by atoms with E-state index in [0.717, 1.165) is 0 Å². The highest BCUT2D eigenvalue weighted by atomic mass is 16.7. The lowest BCUT2D eigenvalue weighted by Gasteiger charge is -2.24. The lowest BCUT2D eigenvalue weighted by Crippen LogP contribution is -2.36. The van der Waals surface area contributed by atoms with Crippen LogP contribution in [0.4, 0.5) is 0 Å². The van der Waals surface area contributed by atoms with Gasteiger partial charge in [0.15, 0.2) is 11.9 Å². The molecule has 0 saturated carbocycles. The highest BCUT2D eigenvalue weighted by Crippen LogP contribution is 2.35. The second kappa shape index (κ2) is 12.0. The van der Waals surface area contributed by atoms with E-state index in [2.05, 4.69) is 4.98 Å². The third-order valence-corrected chi connectivity index (χ3v) is 5.31. The zero-order valence-corrected chi connectivity index (χ0v) is 19.6. The number of carbonyl (C=O) groups is 2. The molecule has 34 heavy (non-hydrogen) atoms. The van der Waals surface area contributed by atoms with Crippen LogP contribution in [0.15, 0.2) is 36.7 Å². The molecule has 0 spiro atoms. The minimum absolute atomic E-state index is 0.0295. The molecule has 0 aliphatic carbocycles. The SMILES string of the molecule is CCOC(OCC)c1c(C(=O)OC)ncn1[C@@H]1O[C@H](COC(=O)c2ccccc2)[C@@H](OC)[C@H]1O. The molecule has 4 atom stereocenters. The number of esters is 2. The number of aromatic nitrogens is 2. The molecule has 0 amide bonds. The fourth-order valence-electron chi connectivity index (χ4n) is 3.76. The Labute approximate surface area is 197 Å². The van der Waals surface area contributed by atoms with Crippen molar-refractivity contribution in [2.24, 2.45) is 0 Å². The Morgan fingerprint density at radius 3 is 2.38 bits per heavy atom. The third kappa shape index (κ3) is 5.45. The summed E-state index contributed by atoms with van der Waals surface area (Å²) in [5.74, 6) is -1.22. The van der Waals surface area contributed by atoms with E-state index in [0.29, 0.717) is 18.8 Å².